The van der Waals surface area contributed by atoms with Gasteiger partial charge in [0.25, 0.3) is 0 Å². The van der Waals surface area contributed by atoms with Gasteiger partial charge in [0.15, 0.2) is 0 Å². The van der Waals surface area contributed by atoms with Crippen LogP contribution < -0.4 is 0 Å². The van der Waals surface area contributed by atoms with Crippen molar-refractivity contribution in [1.29, 1.82) is 0 Å². The van der Waals surface area contributed by atoms with Crippen LogP contribution in [0.3, 0.4) is 0 Å². The number of aliphatic hydroxyl groups is 2. The first-order chi connectivity index (χ1) is 29.2. The van der Waals surface area contributed by atoms with E-state index in [0.29, 0.717) is 6.42 Å². The van der Waals surface area contributed by atoms with Crippen molar-refractivity contribution in [3.05, 3.63) is 44.1 Å². The minimum absolute atomic E-state index is 0.0117. The topological polar surface area (TPSA) is 68.2 Å². The average Bonchev–Trinajstić information content (AvgIpc) is 3.69. The number of ether oxygens (including phenoxy) is 2. The molecule has 5 atom stereocenters. The van der Waals surface area contributed by atoms with Crippen LogP contribution in [-0.4, -0.2) is 83.6 Å². The molecule has 0 spiro atoms. The molecule has 0 bridgehead atoms. The summed E-state index contributed by atoms with van der Waals surface area (Å²) in [5.74, 6) is 14.2. The molecule has 1 aliphatic heterocycles. The molecule has 5 nitrogen and oxygen atoms in total. The summed E-state index contributed by atoms with van der Waals surface area (Å²) >= 11 is -3.37. The molecule has 1 saturated heterocycles. The SMILES string of the molecule is CCC[CH2][Sn]([CH2]CCC)([CH2]CCC)/[C](C#C[C@@](O)([C@H](O)C#C[Si](C)(C)C(C)(C)C)[C@@H]1CO[C@@H](c2c(C)cc(C)cc2C)O1)=C\[C@H](CC#C[Si](CC)(CC)CC)O[Si](C)(C)C(C)(C)C. The van der Waals surface area contributed by atoms with Crippen LogP contribution in [0.5, 0.6) is 0 Å². The molecule has 0 aliphatic carbocycles. The summed E-state index contributed by atoms with van der Waals surface area (Å²) in [5, 5.41) is 25.4. The van der Waals surface area contributed by atoms with Crippen LogP contribution in [0.4, 0.5) is 0 Å². The van der Waals surface area contributed by atoms with Crippen LogP contribution >= 0.6 is 0 Å². The second kappa shape index (κ2) is 24.8. The molecule has 9 heteroatoms. The van der Waals surface area contributed by atoms with Gasteiger partial charge in [0.05, 0.1) is 0 Å². The summed E-state index contributed by atoms with van der Waals surface area (Å²) in [6.45, 7) is 42.9. The first-order valence-electron chi connectivity index (χ1n) is 24.9. The van der Waals surface area contributed by atoms with E-state index >= 15 is 0 Å². The van der Waals surface area contributed by atoms with E-state index in [2.05, 4.69) is 183 Å². The predicted molar refractivity (Wildman–Crippen MR) is 283 cm³/mol. The Bertz CT molecular complexity index is 1780. The molecular weight excluding hydrogens is 932 g/mol. The molecule has 0 saturated carbocycles. The number of aryl methyl sites for hydroxylation is 3. The maximum absolute atomic E-state index is 13.1. The molecule has 1 aromatic rings. The fourth-order valence-electron chi connectivity index (χ4n) is 8.29. The van der Waals surface area contributed by atoms with E-state index in [1.165, 1.54) is 22.5 Å². The molecule has 0 unspecified atom stereocenters. The van der Waals surface area contributed by atoms with Crippen molar-refractivity contribution in [2.45, 2.75) is 247 Å². The van der Waals surface area contributed by atoms with Crippen LogP contribution in [0.1, 0.15) is 157 Å². The van der Waals surface area contributed by atoms with E-state index in [1.54, 1.807) is 0 Å². The van der Waals surface area contributed by atoms with Gasteiger partial charge in [0.2, 0.25) is 0 Å². The van der Waals surface area contributed by atoms with E-state index in [1.807, 2.05) is 0 Å². The summed E-state index contributed by atoms with van der Waals surface area (Å²) in [6.07, 6.45) is 6.60. The zero-order valence-corrected chi connectivity index (χ0v) is 49.9. The van der Waals surface area contributed by atoms with Crippen LogP contribution in [0.25, 0.3) is 0 Å². The molecule has 356 valence electrons. The van der Waals surface area contributed by atoms with Crippen molar-refractivity contribution in [3.63, 3.8) is 0 Å². The Morgan fingerprint density at radius 2 is 1.33 bits per heavy atom. The second-order valence-electron chi connectivity index (χ2n) is 22.2. The average molecular weight is 1030 g/mol. The fourth-order valence-corrected chi connectivity index (χ4v) is 28.7. The monoisotopic (exact) mass is 1030 g/mol. The Morgan fingerprint density at radius 1 is 0.825 bits per heavy atom. The minimum atomic E-state index is -3.37. The van der Waals surface area contributed by atoms with Crippen LogP contribution in [-0.2, 0) is 13.9 Å². The number of hydrogen-bond donors (Lipinski definition) is 2. The Balaban J connectivity index is 3.13. The summed E-state index contributed by atoms with van der Waals surface area (Å²) in [4.78, 5) is 0. The molecule has 1 heterocycles. The van der Waals surface area contributed by atoms with Crippen molar-refractivity contribution < 1.29 is 24.1 Å². The van der Waals surface area contributed by atoms with Crippen molar-refractivity contribution in [3.8, 4) is 34.8 Å². The van der Waals surface area contributed by atoms with Crippen molar-refractivity contribution in [2.24, 2.45) is 0 Å². The van der Waals surface area contributed by atoms with E-state index in [9.17, 15) is 10.2 Å². The molecule has 0 amide bonds. The number of aliphatic hydroxyl groups excluding tert-OH is 1. The van der Waals surface area contributed by atoms with Gasteiger partial charge in [-0.2, -0.15) is 0 Å². The molecule has 0 radical (unpaired) electrons. The van der Waals surface area contributed by atoms with Gasteiger partial charge >= 0.3 is 399 Å². The number of hydrogen-bond acceptors (Lipinski definition) is 5. The van der Waals surface area contributed by atoms with Gasteiger partial charge in [0, 0.05) is 0 Å². The van der Waals surface area contributed by atoms with Gasteiger partial charge < -0.3 is 0 Å². The molecule has 1 aliphatic rings. The maximum atomic E-state index is 13.1. The molecule has 2 N–H and O–H groups in total. The number of rotatable bonds is 20. The Morgan fingerprint density at radius 3 is 1.78 bits per heavy atom. The number of allylic oxidation sites excluding steroid dienone is 1. The van der Waals surface area contributed by atoms with Crippen LogP contribution in [0, 0.1) is 55.5 Å². The third kappa shape index (κ3) is 15.7. The third-order valence-electron chi connectivity index (χ3n) is 15.3. The normalized spacial score (nSPS) is 18.7. The van der Waals surface area contributed by atoms with E-state index in [0.717, 1.165) is 73.3 Å². The Hall–Kier alpha value is -1.11. The van der Waals surface area contributed by atoms with Gasteiger partial charge in [-0.1, -0.05) is 0 Å². The fraction of sp³-hybridized carbons (Fsp3) is 0.741. The summed E-state index contributed by atoms with van der Waals surface area (Å²) < 4.78 is 25.3. The van der Waals surface area contributed by atoms with E-state index in [4.69, 9.17) is 13.9 Å². The molecular formula is C54H94O5Si3Sn. The van der Waals surface area contributed by atoms with Gasteiger partial charge in [-0.25, -0.2) is 0 Å². The zero-order chi connectivity index (χ0) is 48.1. The molecule has 2 rings (SSSR count). The van der Waals surface area contributed by atoms with Crippen molar-refractivity contribution in [2.75, 3.05) is 6.61 Å². The summed E-state index contributed by atoms with van der Waals surface area (Å²) in [6, 6.07) is 7.76. The number of benzene rings is 1. The van der Waals surface area contributed by atoms with Gasteiger partial charge in [-0.05, 0) is 0 Å². The molecule has 63 heavy (non-hydrogen) atoms. The number of unbranched alkanes of at least 4 members (excludes halogenated alkanes) is 3. The van der Waals surface area contributed by atoms with E-state index < -0.39 is 66.9 Å². The first-order valence-corrected chi connectivity index (χ1v) is 40.9. The third-order valence-corrected chi connectivity index (χ3v) is 44.4. The van der Waals surface area contributed by atoms with Crippen molar-refractivity contribution >= 4 is 42.8 Å². The molecule has 1 fully saturated rings. The predicted octanol–water partition coefficient (Wildman–Crippen LogP) is 14.3. The van der Waals surface area contributed by atoms with Crippen LogP contribution in [0.2, 0.25) is 67.7 Å². The van der Waals surface area contributed by atoms with Crippen LogP contribution in [0.15, 0.2) is 21.8 Å². The quantitative estimate of drug-likeness (QED) is 0.101. The summed E-state index contributed by atoms with van der Waals surface area (Å²) in [5.41, 5.74) is 9.66. The Labute approximate surface area is 396 Å². The second-order valence-corrected chi connectivity index (χ2v) is 50.0. The molecule has 1 aromatic carbocycles. The first kappa shape index (κ1) is 58.0. The molecule has 0 aromatic heterocycles. The van der Waals surface area contributed by atoms with Gasteiger partial charge in [-0.3, -0.25) is 0 Å². The summed E-state index contributed by atoms with van der Waals surface area (Å²) in [7, 11) is -6.10. The van der Waals surface area contributed by atoms with E-state index in [-0.39, 0.29) is 22.8 Å². The van der Waals surface area contributed by atoms with Gasteiger partial charge in [0.1, 0.15) is 0 Å². The van der Waals surface area contributed by atoms with Crippen molar-refractivity contribution in [1.82, 2.24) is 0 Å². The zero-order valence-electron chi connectivity index (χ0n) is 44.1. The standard InChI is InChI=1S/C42H67O5Si3.3C4H9.Sn/c1-17-50(18-2,19-3)27-22-24-35(47-49(15,16)41(10,11)12)23-20-21-26-42(44,36(43)25-28-48(13,14)40(7,8)9)37-31-45-39(46-37)38-33(5)29-32(4)30-34(38)6;3*1-3-4-2;/h23,29-30,35-37,39,43-44H,17-19,24,31H2,1-16H3;3*1,3-4H2,2H3;/t35-,36-,37+,39-,42-;;;;/m1..../s1. The van der Waals surface area contributed by atoms with Gasteiger partial charge in [-0.15, -0.1) is 0 Å². The Kier molecular flexibility index (Phi) is 22.8.